The Kier molecular flexibility index (Phi) is 11.9. The van der Waals surface area contributed by atoms with Gasteiger partial charge in [0.15, 0.2) is 0 Å². The molecule has 0 saturated carbocycles. The molecule has 0 heterocycles. The lowest BCUT2D eigenvalue weighted by molar-refractivity contribution is -0.143. The van der Waals surface area contributed by atoms with E-state index in [0.717, 1.165) is 24.6 Å². The van der Waals surface area contributed by atoms with Crippen molar-refractivity contribution in [2.45, 2.75) is 44.9 Å². The second-order valence-electron chi connectivity index (χ2n) is 3.50. The van der Waals surface area contributed by atoms with Crippen molar-refractivity contribution in [2.24, 2.45) is 0 Å². The van der Waals surface area contributed by atoms with Gasteiger partial charge in [0.25, 0.3) is 0 Å². The predicted molar refractivity (Wildman–Crippen MR) is 64.2 cm³/mol. The molecule has 0 aliphatic rings. The molecular formula is C11H21BrO3. The highest BCUT2D eigenvalue weighted by atomic mass is 79.9. The van der Waals surface area contributed by atoms with Crippen LogP contribution in [0.25, 0.3) is 0 Å². The molecule has 0 aliphatic heterocycles. The van der Waals surface area contributed by atoms with Gasteiger partial charge in [0.05, 0.1) is 6.61 Å². The summed E-state index contributed by atoms with van der Waals surface area (Å²) in [6.07, 6.45) is 6.28. The molecule has 3 nitrogen and oxygen atoms in total. The molecule has 4 heteroatoms. The Morgan fingerprint density at radius 1 is 1.07 bits per heavy atom. The van der Waals surface area contributed by atoms with Gasteiger partial charge in [-0.05, 0) is 25.7 Å². The molecule has 0 atom stereocenters. The number of alkyl halides is 1. The van der Waals surface area contributed by atoms with E-state index in [9.17, 15) is 4.79 Å². The maximum absolute atomic E-state index is 11.1. The Balaban J connectivity index is 3.10. The van der Waals surface area contributed by atoms with Gasteiger partial charge < -0.3 is 9.84 Å². The first-order valence-corrected chi connectivity index (χ1v) is 6.76. The minimum atomic E-state index is -0.135. The zero-order chi connectivity index (χ0) is 11.4. The average molecular weight is 281 g/mol. The van der Waals surface area contributed by atoms with Gasteiger partial charge in [-0.25, -0.2) is 0 Å². The highest BCUT2D eigenvalue weighted by Crippen LogP contribution is 2.03. The van der Waals surface area contributed by atoms with E-state index in [4.69, 9.17) is 9.84 Å². The molecule has 0 saturated heterocycles. The summed E-state index contributed by atoms with van der Waals surface area (Å²) in [6.45, 7) is 0.695. The van der Waals surface area contributed by atoms with Crippen LogP contribution < -0.4 is 0 Å². The molecule has 0 aromatic heterocycles. The van der Waals surface area contributed by atoms with Crippen LogP contribution in [0, 0.1) is 0 Å². The summed E-state index contributed by atoms with van der Waals surface area (Å²) in [5.74, 6) is -0.135. The number of halogens is 1. The van der Waals surface area contributed by atoms with E-state index < -0.39 is 0 Å². The third-order valence-corrected chi connectivity index (χ3v) is 2.64. The van der Waals surface area contributed by atoms with Crippen LogP contribution in [0.1, 0.15) is 44.9 Å². The third-order valence-electron chi connectivity index (χ3n) is 2.08. The van der Waals surface area contributed by atoms with E-state index in [1.807, 2.05) is 0 Å². The monoisotopic (exact) mass is 280 g/mol. The fourth-order valence-corrected chi connectivity index (χ4v) is 1.59. The normalized spacial score (nSPS) is 10.3. The van der Waals surface area contributed by atoms with E-state index in [1.54, 1.807) is 0 Å². The van der Waals surface area contributed by atoms with E-state index >= 15 is 0 Å². The second kappa shape index (κ2) is 12.0. The minimum Gasteiger partial charge on any atom is -0.466 e. The summed E-state index contributed by atoms with van der Waals surface area (Å²) in [5.41, 5.74) is 0. The molecule has 0 amide bonds. The maximum Gasteiger partial charge on any atom is 0.305 e. The Hall–Kier alpha value is -0.0900. The van der Waals surface area contributed by atoms with E-state index in [2.05, 4.69) is 15.9 Å². The summed E-state index contributed by atoms with van der Waals surface area (Å²) < 4.78 is 5.04. The van der Waals surface area contributed by atoms with Crippen LogP contribution in [0.2, 0.25) is 0 Å². The number of rotatable bonds is 10. The number of unbranched alkanes of at least 4 members (excludes halogenated alkanes) is 4. The fraction of sp³-hybridized carbons (Fsp3) is 0.909. The number of carbonyl (C=O) groups excluding carboxylic acids is 1. The first-order chi connectivity index (χ1) is 7.31. The average Bonchev–Trinajstić information content (AvgIpc) is 2.23. The summed E-state index contributed by atoms with van der Waals surface area (Å²) >= 11 is 3.37. The van der Waals surface area contributed by atoms with Crippen LogP contribution >= 0.6 is 15.9 Å². The molecular weight excluding hydrogens is 260 g/mol. The van der Waals surface area contributed by atoms with Gasteiger partial charge in [-0.15, -0.1) is 0 Å². The lowest BCUT2D eigenvalue weighted by atomic mass is 10.2. The van der Waals surface area contributed by atoms with Crippen LogP contribution in [0.4, 0.5) is 0 Å². The van der Waals surface area contributed by atoms with Crippen LogP contribution in [-0.4, -0.2) is 29.6 Å². The Labute approximate surface area is 100 Å². The van der Waals surface area contributed by atoms with Gasteiger partial charge in [0, 0.05) is 18.4 Å². The van der Waals surface area contributed by atoms with Crippen LogP contribution in [0.3, 0.4) is 0 Å². The summed E-state index contributed by atoms with van der Waals surface area (Å²) in [5, 5.41) is 9.57. The zero-order valence-corrected chi connectivity index (χ0v) is 10.8. The highest BCUT2D eigenvalue weighted by Gasteiger charge is 2.01. The molecule has 0 aliphatic carbocycles. The highest BCUT2D eigenvalue weighted by molar-refractivity contribution is 9.09. The molecule has 15 heavy (non-hydrogen) atoms. The van der Waals surface area contributed by atoms with Gasteiger partial charge in [-0.2, -0.15) is 0 Å². The van der Waals surface area contributed by atoms with Gasteiger partial charge in [-0.1, -0.05) is 28.8 Å². The van der Waals surface area contributed by atoms with Crippen molar-refractivity contribution in [1.82, 2.24) is 0 Å². The van der Waals surface area contributed by atoms with Gasteiger partial charge in [0.1, 0.15) is 0 Å². The van der Waals surface area contributed by atoms with Gasteiger partial charge in [-0.3, -0.25) is 4.79 Å². The fourth-order valence-electron chi connectivity index (χ4n) is 1.19. The first-order valence-electron chi connectivity index (χ1n) is 5.63. The van der Waals surface area contributed by atoms with E-state index in [0.29, 0.717) is 19.4 Å². The van der Waals surface area contributed by atoms with Crippen molar-refractivity contribution in [3.63, 3.8) is 0 Å². The topological polar surface area (TPSA) is 46.5 Å². The smallest absolute Gasteiger partial charge is 0.305 e. The molecule has 0 aromatic carbocycles. The number of aliphatic hydroxyl groups excluding tert-OH is 1. The number of hydrogen-bond acceptors (Lipinski definition) is 3. The van der Waals surface area contributed by atoms with Crippen molar-refractivity contribution < 1.29 is 14.6 Å². The quantitative estimate of drug-likeness (QED) is 0.380. The second-order valence-corrected chi connectivity index (χ2v) is 4.30. The molecule has 0 radical (unpaired) electrons. The van der Waals surface area contributed by atoms with Crippen molar-refractivity contribution in [1.29, 1.82) is 0 Å². The van der Waals surface area contributed by atoms with Crippen LogP contribution in [0.15, 0.2) is 0 Å². The summed E-state index contributed by atoms with van der Waals surface area (Å²) in [6, 6.07) is 0. The molecule has 1 N–H and O–H groups in total. The van der Waals surface area contributed by atoms with Crippen molar-refractivity contribution in [3.05, 3.63) is 0 Å². The summed E-state index contributed by atoms with van der Waals surface area (Å²) in [7, 11) is 0. The molecule has 0 aromatic rings. The number of aliphatic hydroxyl groups is 1. The lowest BCUT2D eigenvalue weighted by Crippen LogP contribution is -2.05. The summed E-state index contributed by atoms with van der Waals surface area (Å²) in [4.78, 5) is 11.1. The zero-order valence-electron chi connectivity index (χ0n) is 9.21. The van der Waals surface area contributed by atoms with Crippen LogP contribution in [-0.2, 0) is 9.53 Å². The maximum atomic E-state index is 11.1. The largest absolute Gasteiger partial charge is 0.466 e. The first kappa shape index (κ1) is 14.9. The molecule has 0 fully saturated rings. The van der Waals surface area contributed by atoms with Crippen molar-refractivity contribution in [2.75, 3.05) is 18.5 Å². The number of ether oxygens (including phenoxy) is 1. The number of carbonyl (C=O) groups is 1. The number of esters is 1. The minimum absolute atomic E-state index is 0.135. The van der Waals surface area contributed by atoms with E-state index in [-0.39, 0.29) is 12.6 Å². The Bertz CT molecular complexity index is 151. The molecule has 90 valence electrons. The van der Waals surface area contributed by atoms with Gasteiger partial charge in [0.2, 0.25) is 0 Å². The van der Waals surface area contributed by atoms with E-state index in [1.165, 1.54) is 12.8 Å². The van der Waals surface area contributed by atoms with Gasteiger partial charge >= 0.3 is 5.97 Å². The Morgan fingerprint density at radius 3 is 2.47 bits per heavy atom. The standard InChI is InChI=1S/C11H21BrO3/c12-8-4-1-2-6-10-15-11(14)7-3-5-9-13/h13H,1-10H2. The SMILES string of the molecule is O=C(CCCCO)OCCCCCCBr. The van der Waals surface area contributed by atoms with Crippen LogP contribution in [0.5, 0.6) is 0 Å². The molecule has 0 rings (SSSR count). The Morgan fingerprint density at radius 2 is 1.80 bits per heavy atom. The third kappa shape index (κ3) is 11.8. The van der Waals surface area contributed by atoms with Crippen molar-refractivity contribution >= 4 is 21.9 Å². The number of hydrogen-bond donors (Lipinski definition) is 1. The van der Waals surface area contributed by atoms with Crippen molar-refractivity contribution in [3.8, 4) is 0 Å². The lowest BCUT2D eigenvalue weighted by Gasteiger charge is -2.03. The predicted octanol–water partition coefficient (Wildman–Crippen LogP) is 2.65. The molecule has 0 spiro atoms. The molecule has 0 unspecified atom stereocenters. The molecule has 0 bridgehead atoms.